The molecule has 2 atom stereocenters. The normalized spacial score (nSPS) is 19.3. The molecular weight excluding hydrogens is 288 g/mol. The maximum Gasteiger partial charge on any atom is 0.119 e. The lowest BCUT2D eigenvalue weighted by Gasteiger charge is -2.39. The lowest BCUT2D eigenvalue weighted by molar-refractivity contribution is 0.0564. The van der Waals surface area contributed by atoms with E-state index in [1.165, 1.54) is 5.56 Å². The van der Waals surface area contributed by atoms with Crippen LogP contribution in [0.3, 0.4) is 0 Å². The summed E-state index contributed by atoms with van der Waals surface area (Å²) in [5.74, 6) is 0.915. The van der Waals surface area contributed by atoms with Crippen molar-refractivity contribution in [1.82, 2.24) is 9.80 Å². The zero-order chi connectivity index (χ0) is 16.7. The minimum absolute atomic E-state index is 0.240. The van der Waals surface area contributed by atoms with Gasteiger partial charge < -0.3 is 9.84 Å². The number of nitrogens with zero attached hydrogens (tertiary/aromatic N) is 2. The van der Waals surface area contributed by atoms with Crippen LogP contribution in [0.1, 0.15) is 31.4 Å². The van der Waals surface area contributed by atoms with Crippen molar-refractivity contribution in [1.29, 1.82) is 0 Å². The van der Waals surface area contributed by atoms with Gasteiger partial charge in [-0.3, -0.25) is 9.80 Å². The number of piperazine rings is 1. The Hall–Kier alpha value is -1.36. The molecule has 0 bridgehead atoms. The zero-order valence-corrected chi connectivity index (χ0v) is 14.4. The fraction of sp³-hybridized carbons (Fsp3) is 0.579. The Bertz CT molecular complexity index is 484. The average Bonchev–Trinajstić information content (AvgIpc) is 2.60. The molecule has 1 aromatic carbocycles. The smallest absolute Gasteiger partial charge is 0.119 e. The predicted octanol–water partition coefficient (Wildman–Crippen LogP) is 2.70. The van der Waals surface area contributed by atoms with Crippen molar-refractivity contribution in [3.63, 3.8) is 0 Å². The molecule has 0 amide bonds. The van der Waals surface area contributed by atoms with Crippen LogP contribution in [0, 0.1) is 0 Å². The first-order valence-corrected chi connectivity index (χ1v) is 8.53. The van der Waals surface area contributed by atoms with E-state index < -0.39 is 0 Å². The number of hydrogen-bond acceptors (Lipinski definition) is 4. The van der Waals surface area contributed by atoms with Crippen LogP contribution in [0.5, 0.6) is 5.75 Å². The average molecular weight is 318 g/mol. The topological polar surface area (TPSA) is 35.9 Å². The molecular formula is C19H30N2O2. The second kappa shape index (κ2) is 9.06. The molecule has 0 radical (unpaired) electrons. The molecule has 23 heavy (non-hydrogen) atoms. The number of methoxy groups -OCH3 is 1. The minimum atomic E-state index is -0.240. The maximum atomic E-state index is 10.0. The van der Waals surface area contributed by atoms with E-state index in [1.807, 2.05) is 12.1 Å². The molecule has 0 spiro atoms. The van der Waals surface area contributed by atoms with Crippen molar-refractivity contribution < 1.29 is 9.84 Å². The SMILES string of the molecule is C=CCCC(O)CN1CCN(C(C)c2cccc(OC)c2)CC1. The van der Waals surface area contributed by atoms with Gasteiger partial charge >= 0.3 is 0 Å². The fourth-order valence-electron chi connectivity index (χ4n) is 3.14. The Morgan fingerprint density at radius 1 is 1.30 bits per heavy atom. The number of aliphatic hydroxyl groups excluding tert-OH is 1. The van der Waals surface area contributed by atoms with E-state index in [2.05, 4.69) is 41.5 Å². The van der Waals surface area contributed by atoms with Crippen molar-refractivity contribution in [3.05, 3.63) is 42.5 Å². The Morgan fingerprint density at radius 2 is 2.04 bits per heavy atom. The van der Waals surface area contributed by atoms with E-state index in [0.717, 1.165) is 51.3 Å². The highest BCUT2D eigenvalue weighted by Crippen LogP contribution is 2.24. The second-order valence-corrected chi connectivity index (χ2v) is 6.31. The van der Waals surface area contributed by atoms with E-state index in [4.69, 9.17) is 4.74 Å². The van der Waals surface area contributed by atoms with Crippen LogP contribution < -0.4 is 4.74 Å². The number of ether oxygens (including phenoxy) is 1. The van der Waals surface area contributed by atoms with Gasteiger partial charge in [0.1, 0.15) is 5.75 Å². The monoisotopic (exact) mass is 318 g/mol. The molecule has 1 fully saturated rings. The van der Waals surface area contributed by atoms with E-state index in [1.54, 1.807) is 7.11 Å². The van der Waals surface area contributed by atoms with Crippen LogP contribution in [0.25, 0.3) is 0 Å². The van der Waals surface area contributed by atoms with Gasteiger partial charge in [-0.2, -0.15) is 0 Å². The molecule has 128 valence electrons. The van der Waals surface area contributed by atoms with Gasteiger partial charge in [0.15, 0.2) is 0 Å². The highest BCUT2D eigenvalue weighted by Gasteiger charge is 2.23. The van der Waals surface area contributed by atoms with Gasteiger partial charge in [-0.15, -0.1) is 6.58 Å². The van der Waals surface area contributed by atoms with E-state index >= 15 is 0 Å². The summed E-state index contributed by atoms with van der Waals surface area (Å²) in [7, 11) is 1.71. The summed E-state index contributed by atoms with van der Waals surface area (Å²) in [6.45, 7) is 10.8. The molecule has 4 heteroatoms. The van der Waals surface area contributed by atoms with Gasteiger partial charge in [-0.25, -0.2) is 0 Å². The van der Waals surface area contributed by atoms with Crippen LogP contribution >= 0.6 is 0 Å². The Labute approximate surface area is 140 Å². The highest BCUT2D eigenvalue weighted by atomic mass is 16.5. The summed E-state index contributed by atoms with van der Waals surface area (Å²) >= 11 is 0. The van der Waals surface area contributed by atoms with Gasteiger partial charge in [-0.1, -0.05) is 18.2 Å². The van der Waals surface area contributed by atoms with Gasteiger partial charge in [0.25, 0.3) is 0 Å². The maximum absolute atomic E-state index is 10.0. The summed E-state index contributed by atoms with van der Waals surface area (Å²) in [5.41, 5.74) is 1.30. The van der Waals surface area contributed by atoms with Crippen molar-refractivity contribution in [3.8, 4) is 5.75 Å². The molecule has 4 nitrogen and oxygen atoms in total. The first-order valence-electron chi connectivity index (χ1n) is 8.53. The van der Waals surface area contributed by atoms with Crippen molar-refractivity contribution in [2.24, 2.45) is 0 Å². The lowest BCUT2D eigenvalue weighted by atomic mass is 10.1. The Morgan fingerprint density at radius 3 is 2.70 bits per heavy atom. The third-order valence-electron chi connectivity index (χ3n) is 4.70. The third kappa shape index (κ3) is 5.34. The second-order valence-electron chi connectivity index (χ2n) is 6.31. The van der Waals surface area contributed by atoms with E-state index in [0.29, 0.717) is 6.04 Å². The van der Waals surface area contributed by atoms with Gasteiger partial charge in [0.2, 0.25) is 0 Å². The van der Waals surface area contributed by atoms with Crippen LogP contribution in [0.4, 0.5) is 0 Å². The first-order chi connectivity index (χ1) is 11.1. The lowest BCUT2D eigenvalue weighted by Crippen LogP contribution is -2.49. The van der Waals surface area contributed by atoms with Gasteiger partial charge in [0, 0.05) is 38.8 Å². The van der Waals surface area contributed by atoms with Crippen LogP contribution in [-0.2, 0) is 0 Å². The first kappa shape index (κ1) is 18.0. The van der Waals surface area contributed by atoms with Crippen molar-refractivity contribution >= 4 is 0 Å². The number of benzene rings is 1. The molecule has 1 aromatic rings. The number of hydrogen-bond donors (Lipinski definition) is 1. The molecule has 1 heterocycles. The quantitative estimate of drug-likeness (QED) is 0.748. The Balaban J connectivity index is 1.82. The van der Waals surface area contributed by atoms with Crippen molar-refractivity contribution in [2.45, 2.75) is 31.9 Å². The number of allylic oxidation sites excluding steroid dienone is 1. The number of aliphatic hydroxyl groups is 1. The standard InChI is InChI=1S/C19H30N2O2/c1-4-5-8-18(22)15-20-10-12-21(13-11-20)16(2)17-7-6-9-19(14-17)23-3/h4,6-7,9,14,16,18,22H,1,5,8,10-13,15H2,2-3H3. The fourth-order valence-corrected chi connectivity index (χ4v) is 3.14. The summed E-state index contributed by atoms with van der Waals surface area (Å²) in [6, 6.07) is 8.71. The molecule has 1 N–H and O–H groups in total. The Kier molecular flexibility index (Phi) is 7.09. The van der Waals surface area contributed by atoms with Gasteiger partial charge in [-0.05, 0) is 37.5 Å². The summed E-state index contributed by atoms with van der Waals surface area (Å²) < 4.78 is 5.32. The molecule has 0 saturated carbocycles. The summed E-state index contributed by atoms with van der Waals surface area (Å²) in [6.07, 6.45) is 3.32. The molecule has 1 saturated heterocycles. The molecule has 1 aliphatic heterocycles. The van der Waals surface area contributed by atoms with Crippen molar-refractivity contribution in [2.75, 3.05) is 39.8 Å². The largest absolute Gasteiger partial charge is 0.497 e. The van der Waals surface area contributed by atoms with Crippen LogP contribution in [-0.4, -0.2) is 60.8 Å². The van der Waals surface area contributed by atoms with E-state index in [9.17, 15) is 5.11 Å². The minimum Gasteiger partial charge on any atom is -0.497 e. The molecule has 0 aliphatic carbocycles. The van der Waals surface area contributed by atoms with Crippen LogP contribution in [0.15, 0.2) is 36.9 Å². The number of rotatable bonds is 8. The third-order valence-corrected chi connectivity index (χ3v) is 4.70. The molecule has 2 unspecified atom stereocenters. The predicted molar refractivity (Wildman–Crippen MR) is 94.9 cm³/mol. The summed E-state index contributed by atoms with van der Waals surface area (Å²) in [4.78, 5) is 4.87. The zero-order valence-electron chi connectivity index (χ0n) is 14.4. The van der Waals surface area contributed by atoms with Gasteiger partial charge in [0.05, 0.1) is 13.2 Å². The number of β-amino-alcohol motifs (C(OH)–C–C–N with tert-alkyl or cyclic N) is 1. The highest BCUT2D eigenvalue weighted by molar-refractivity contribution is 5.30. The molecule has 0 aromatic heterocycles. The van der Waals surface area contributed by atoms with E-state index in [-0.39, 0.29) is 6.10 Å². The molecule has 1 aliphatic rings. The molecule has 2 rings (SSSR count). The summed E-state index contributed by atoms with van der Waals surface area (Å²) in [5, 5.41) is 10.0. The van der Waals surface area contributed by atoms with Crippen LogP contribution in [0.2, 0.25) is 0 Å².